The van der Waals surface area contributed by atoms with E-state index in [1.807, 2.05) is 6.92 Å². The lowest BCUT2D eigenvalue weighted by Gasteiger charge is -2.02. The lowest BCUT2D eigenvalue weighted by Crippen LogP contribution is -1.92. The van der Waals surface area contributed by atoms with Gasteiger partial charge in [0.15, 0.2) is 0 Å². The zero-order chi connectivity index (χ0) is 10.8. The van der Waals surface area contributed by atoms with Gasteiger partial charge in [-0.1, -0.05) is 0 Å². The van der Waals surface area contributed by atoms with Crippen LogP contribution in [-0.2, 0) is 0 Å². The molecular formula is C10H9NO3S. The molecule has 0 bridgehead atoms. The molecule has 2 aromatic rings. The van der Waals surface area contributed by atoms with Crippen molar-refractivity contribution >= 4 is 27.5 Å². The Morgan fingerprint density at radius 2 is 2.47 bits per heavy atom. The Hall–Kier alpha value is -1.62. The topological polar surface area (TPSA) is 59.4 Å². The smallest absolute Gasteiger partial charge is 0.345 e. The Balaban J connectivity index is 2.59. The summed E-state index contributed by atoms with van der Waals surface area (Å²) in [4.78, 5) is 15.9. The fraction of sp³-hybridized carbons (Fsp3) is 0.200. The van der Waals surface area contributed by atoms with Gasteiger partial charge < -0.3 is 9.84 Å². The van der Waals surface area contributed by atoms with E-state index in [2.05, 4.69) is 4.98 Å². The van der Waals surface area contributed by atoms with Gasteiger partial charge in [0.2, 0.25) is 0 Å². The van der Waals surface area contributed by atoms with Gasteiger partial charge in [-0.15, -0.1) is 11.3 Å². The van der Waals surface area contributed by atoms with E-state index in [0.717, 1.165) is 16.7 Å². The quantitative estimate of drug-likeness (QED) is 0.867. The molecule has 5 heteroatoms. The third kappa shape index (κ3) is 1.78. The van der Waals surface area contributed by atoms with Crippen LogP contribution < -0.4 is 4.74 Å². The number of carboxylic acid groups (broad SMARTS) is 1. The number of hydrogen-bond donors (Lipinski definition) is 1. The maximum absolute atomic E-state index is 10.8. The van der Waals surface area contributed by atoms with Crippen LogP contribution in [0.5, 0.6) is 5.75 Å². The minimum absolute atomic E-state index is 0.282. The highest BCUT2D eigenvalue weighted by atomic mass is 32.1. The maximum atomic E-state index is 10.8. The van der Waals surface area contributed by atoms with Gasteiger partial charge in [-0.25, -0.2) is 9.78 Å². The van der Waals surface area contributed by atoms with Gasteiger partial charge in [0.25, 0.3) is 0 Å². The molecule has 1 N–H and O–H groups in total. The largest absolute Gasteiger partial charge is 0.493 e. The molecule has 0 aliphatic carbocycles. The van der Waals surface area contributed by atoms with E-state index >= 15 is 0 Å². The molecule has 0 aliphatic heterocycles. The fourth-order valence-corrected chi connectivity index (χ4v) is 2.16. The van der Waals surface area contributed by atoms with Crippen LogP contribution in [0.4, 0.5) is 0 Å². The van der Waals surface area contributed by atoms with Gasteiger partial charge in [-0.05, 0) is 19.1 Å². The van der Waals surface area contributed by atoms with E-state index in [0.29, 0.717) is 17.2 Å². The molecule has 0 spiro atoms. The van der Waals surface area contributed by atoms with E-state index < -0.39 is 5.97 Å². The Morgan fingerprint density at radius 3 is 3.13 bits per heavy atom. The molecule has 0 radical (unpaired) electrons. The molecule has 2 rings (SSSR count). The Bertz CT molecular complexity index is 506. The van der Waals surface area contributed by atoms with Crippen LogP contribution in [0.15, 0.2) is 18.3 Å². The van der Waals surface area contributed by atoms with Crippen LogP contribution >= 0.6 is 11.3 Å². The van der Waals surface area contributed by atoms with Crippen molar-refractivity contribution in [2.45, 2.75) is 6.92 Å². The first-order valence-electron chi connectivity index (χ1n) is 4.47. The summed E-state index contributed by atoms with van der Waals surface area (Å²) in [5.41, 5.74) is 0. The zero-order valence-electron chi connectivity index (χ0n) is 8.06. The van der Waals surface area contributed by atoms with Crippen LogP contribution in [0.1, 0.15) is 16.6 Å². The minimum atomic E-state index is -0.930. The number of rotatable bonds is 3. The number of fused-ring (bicyclic) bond motifs is 1. The predicted molar refractivity (Wildman–Crippen MR) is 57.7 cm³/mol. The summed E-state index contributed by atoms with van der Waals surface area (Å²) in [6.07, 6.45) is 1.62. The highest BCUT2D eigenvalue weighted by Gasteiger charge is 2.12. The van der Waals surface area contributed by atoms with E-state index in [4.69, 9.17) is 9.84 Å². The first-order valence-corrected chi connectivity index (χ1v) is 5.28. The van der Waals surface area contributed by atoms with Crippen LogP contribution in [0.3, 0.4) is 0 Å². The summed E-state index contributed by atoms with van der Waals surface area (Å²) in [6.45, 7) is 2.44. The van der Waals surface area contributed by atoms with Gasteiger partial charge in [0, 0.05) is 6.20 Å². The number of aromatic nitrogens is 1. The molecule has 4 nitrogen and oxygen atoms in total. The molecule has 2 aromatic heterocycles. The molecular weight excluding hydrogens is 214 g/mol. The standard InChI is InChI=1S/C10H9NO3S/c1-2-14-7-3-4-11-9-6(7)5-8(15-9)10(12)13/h3-5H,2H2,1H3,(H,12,13). The highest BCUT2D eigenvalue weighted by molar-refractivity contribution is 7.20. The number of thiophene rings is 1. The average Bonchev–Trinajstić information content (AvgIpc) is 2.63. The second-order valence-corrected chi connectivity index (χ2v) is 3.91. The van der Waals surface area contributed by atoms with Crippen LogP contribution in [-0.4, -0.2) is 22.7 Å². The van der Waals surface area contributed by atoms with E-state index in [1.54, 1.807) is 18.3 Å². The summed E-state index contributed by atoms with van der Waals surface area (Å²) in [5.74, 6) is -0.244. The molecule has 0 saturated heterocycles. The second kappa shape index (κ2) is 3.86. The minimum Gasteiger partial charge on any atom is -0.493 e. The molecule has 0 aliphatic rings. The van der Waals surface area contributed by atoms with Gasteiger partial charge >= 0.3 is 5.97 Å². The SMILES string of the molecule is CCOc1ccnc2sc(C(=O)O)cc12. The third-order valence-corrected chi connectivity index (χ3v) is 2.94. The number of ether oxygens (including phenoxy) is 1. The number of pyridine rings is 1. The predicted octanol–water partition coefficient (Wildman–Crippen LogP) is 2.39. The van der Waals surface area contributed by atoms with Crippen molar-refractivity contribution in [2.24, 2.45) is 0 Å². The van der Waals surface area contributed by atoms with E-state index in [1.165, 1.54) is 0 Å². The summed E-state index contributed by atoms with van der Waals surface area (Å²) >= 11 is 1.15. The molecule has 15 heavy (non-hydrogen) atoms. The van der Waals surface area contributed by atoms with Gasteiger partial charge in [0.05, 0.1) is 12.0 Å². The number of hydrogen-bond acceptors (Lipinski definition) is 4. The van der Waals surface area contributed by atoms with E-state index in [-0.39, 0.29) is 4.88 Å². The molecule has 0 atom stereocenters. The number of aromatic carboxylic acids is 1. The van der Waals surface area contributed by atoms with Crippen molar-refractivity contribution < 1.29 is 14.6 Å². The molecule has 0 unspecified atom stereocenters. The first-order chi connectivity index (χ1) is 7.22. The second-order valence-electron chi connectivity index (χ2n) is 2.88. The Morgan fingerprint density at radius 1 is 1.67 bits per heavy atom. The van der Waals surface area contributed by atoms with Crippen molar-refractivity contribution in [3.63, 3.8) is 0 Å². The van der Waals surface area contributed by atoms with Crippen LogP contribution in [0.2, 0.25) is 0 Å². The van der Waals surface area contributed by atoms with Gasteiger partial charge in [-0.3, -0.25) is 0 Å². The zero-order valence-corrected chi connectivity index (χ0v) is 8.87. The van der Waals surface area contributed by atoms with Crippen molar-refractivity contribution in [3.05, 3.63) is 23.2 Å². The van der Waals surface area contributed by atoms with Crippen LogP contribution in [0.25, 0.3) is 10.2 Å². The molecule has 0 saturated carbocycles. The van der Waals surface area contributed by atoms with Gasteiger partial charge in [0.1, 0.15) is 15.5 Å². The molecule has 0 fully saturated rings. The average molecular weight is 223 g/mol. The number of carboxylic acids is 1. The Kier molecular flexibility index (Phi) is 2.55. The molecule has 2 heterocycles. The van der Waals surface area contributed by atoms with Crippen LogP contribution in [0, 0.1) is 0 Å². The normalized spacial score (nSPS) is 10.5. The molecule has 0 aromatic carbocycles. The van der Waals surface area contributed by atoms with Crippen molar-refractivity contribution in [3.8, 4) is 5.75 Å². The summed E-state index contributed by atoms with van der Waals surface area (Å²) < 4.78 is 5.39. The van der Waals surface area contributed by atoms with Crippen molar-refractivity contribution in [2.75, 3.05) is 6.61 Å². The number of nitrogens with zero attached hydrogens (tertiary/aromatic N) is 1. The summed E-state index contributed by atoms with van der Waals surface area (Å²) in [7, 11) is 0. The van der Waals surface area contributed by atoms with Crippen molar-refractivity contribution in [1.29, 1.82) is 0 Å². The van der Waals surface area contributed by atoms with Gasteiger partial charge in [-0.2, -0.15) is 0 Å². The lowest BCUT2D eigenvalue weighted by molar-refractivity contribution is 0.0702. The van der Waals surface area contributed by atoms with E-state index in [9.17, 15) is 4.79 Å². The molecule has 0 amide bonds. The highest BCUT2D eigenvalue weighted by Crippen LogP contribution is 2.30. The summed E-state index contributed by atoms with van der Waals surface area (Å²) in [6, 6.07) is 3.34. The summed E-state index contributed by atoms with van der Waals surface area (Å²) in [5, 5.41) is 9.61. The van der Waals surface area contributed by atoms with Crippen molar-refractivity contribution in [1.82, 2.24) is 4.98 Å². The monoisotopic (exact) mass is 223 g/mol. The maximum Gasteiger partial charge on any atom is 0.345 e. The lowest BCUT2D eigenvalue weighted by atomic mass is 10.3. The third-order valence-electron chi connectivity index (χ3n) is 1.91. The fourth-order valence-electron chi connectivity index (χ4n) is 1.30. The molecule has 78 valence electrons. The number of carbonyl (C=O) groups is 1. The Labute approximate surface area is 90.1 Å². The first kappa shape index (κ1) is 9.92.